The first kappa shape index (κ1) is 8.44. The van der Waals surface area contributed by atoms with E-state index in [0.717, 1.165) is 17.4 Å². The van der Waals surface area contributed by atoms with Crippen LogP contribution in [0.5, 0.6) is 0 Å². The van der Waals surface area contributed by atoms with Gasteiger partial charge in [-0.2, -0.15) is 0 Å². The minimum atomic E-state index is -0.871. The molecule has 0 bridgehead atoms. The molecule has 0 unspecified atom stereocenters. The fraction of sp³-hybridized carbons (Fsp3) is 0.222. The monoisotopic (exact) mass is 195 g/mol. The van der Waals surface area contributed by atoms with Gasteiger partial charge in [0.05, 0.1) is 17.3 Å². The predicted octanol–water partition coefficient (Wildman–Crippen LogP) is 1.85. The minimum absolute atomic E-state index is 0.344. The highest BCUT2D eigenvalue weighted by Gasteiger charge is 2.14. The zero-order chi connectivity index (χ0) is 9.26. The van der Waals surface area contributed by atoms with Crippen LogP contribution in [0.1, 0.15) is 10.4 Å². The maximum Gasteiger partial charge on any atom is 0.335 e. The second-order valence-electron chi connectivity index (χ2n) is 2.85. The topological polar surface area (TPSA) is 40.5 Å². The Labute approximate surface area is 80.4 Å². The largest absolute Gasteiger partial charge is 0.478 e. The molecule has 1 fully saturated rings. The van der Waals surface area contributed by atoms with Gasteiger partial charge < -0.3 is 10.0 Å². The summed E-state index contributed by atoms with van der Waals surface area (Å²) in [7, 11) is 0. The summed E-state index contributed by atoms with van der Waals surface area (Å²) in [6.45, 7) is 0. The standard InChI is InChI=1S/C9H9NO2S/c11-9(12)7-1-3-8(4-2-7)10-5-13-6-10/h1-4H,5-6H2,(H,11,12). The van der Waals surface area contributed by atoms with Gasteiger partial charge in [-0.1, -0.05) is 0 Å². The zero-order valence-corrected chi connectivity index (χ0v) is 7.75. The molecule has 1 aromatic carbocycles. The van der Waals surface area contributed by atoms with Crippen LogP contribution < -0.4 is 4.90 Å². The van der Waals surface area contributed by atoms with Crippen molar-refractivity contribution < 1.29 is 9.90 Å². The summed E-state index contributed by atoms with van der Waals surface area (Å²) in [5, 5.41) is 8.67. The minimum Gasteiger partial charge on any atom is -0.478 e. The van der Waals surface area contributed by atoms with E-state index in [1.165, 1.54) is 0 Å². The Bertz CT molecular complexity index is 319. The van der Waals surface area contributed by atoms with E-state index < -0.39 is 5.97 Å². The number of benzene rings is 1. The van der Waals surface area contributed by atoms with E-state index in [2.05, 4.69) is 4.90 Å². The van der Waals surface area contributed by atoms with E-state index >= 15 is 0 Å². The second kappa shape index (κ2) is 3.30. The molecular weight excluding hydrogens is 186 g/mol. The Morgan fingerprint density at radius 3 is 2.31 bits per heavy atom. The van der Waals surface area contributed by atoms with Crippen molar-refractivity contribution in [3.05, 3.63) is 29.8 Å². The highest BCUT2D eigenvalue weighted by molar-refractivity contribution is 8.00. The molecule has 0 aliphatic carbocycles. The molecule has 2 rings (SSSR count). The maximum absolute atomic E-state index is 10.5. The number of carbonyl (C=O) groups is 1. The molecule has 0 aromatic heterocycles. The van der Waals surface area contributed by atoms with Crippen molar-refractivity contribution in [1.29, 1.82) is 0 Å². The van der Waals surface area contributed by atoms with Crippen LogP contribution in [0.15, 0.2) is 24.3 Å². The van der Waals surface area contributed by atoms with E-state index in [1.54, 1.807) is 12.1 Å². The second-order valence-corrected chi connectivity index (χ2v) is 3.78. The molecule has 4 heteroatoms. The molecule has 0 atom stereocenters. The van der Waals surface area contributed by atoms with Gasteiger partial charge in [0.15, 0.2) is 0 Å². The van der Waals surface area contributed by atoms with Gasteiger partial charge in [-0.25, -0.2) is 4.79 Å². The molecule has 1 saturated heterocycles. The van der Waals surface area contributed by atoms with Gasteiger partial charge in [-0.15, -0.1) is 11.8 Å². The summed E-state index contributed by atoms with van der Waals surface area (Å²) >= 11 is 1.86. The molecule has 0 radical (unpaired) electrons. The van der Waals surface area contributed by atoms with E-state index in [-0.39, 0.29) is 0 Å². The van der Waals surface area contributed by atoms with Gasteiger partial charge in [0.25, 0.3) is 0 Å². The van der Waals surface area contributed by atoms with Gasteiger partial charge in [0, 0.05) is 5.69 Å². The van der Waals surface area contributed by atoms with Crippen LogP contribution in [0, 0.1) is 0 Å². The molecule has 3 nitrogen and oxygen atoms in total. The zero-order valence-electron chi connectivity index (χ0n) is 6.93. The van der Waals surface area contributed by atoms with Gasteiger partial charge in [-0.05, 0) is 24.3 Å². The third-order valence-electron chi connectivity index (χ3n) is 1.97. The highest BCUT2D eigenvalue weighted by Crippen LogP contribution is 2.26. The first-order valence-electron chi connectivity index (χ1n) is 3.93. The fourth-order valence-corrected chi connectivity index (χ4v) is 1.81. The van der Waals surface area contributed by atoms with Crippen molar-refractivity contribution in [2.45, 2.75) is 0 Å². The van der Waals surface area contributed by atoms with Crippen LogP contribution in [-0.2, 0) is 0 Å². The molecule has 1 N–H and O–H groups in total. The van der Waals surface area contributed by atoms with Crippen molar-refractivity contribution in [3.8, 4) is 0 Å². The highest BCUT2D eigenvalue weighted by atomic mass is 32.2. The Hall–Kier alpha value is -1.16. The number of hydrogen-bond donors (Lipinski definition) is 1. The van der Waals surface area contributed by atoms with Crippen molar-refractivity contribution >= 4 is 23.4 Å². The van der Waals surface area contributed by atoms with Gasteiger partial charge in [0.1, 0.15) is 0 Å². The number of aromatic carboxylic acids is 1. The summed E-state index contributed by atoms with van der Waals surface area (Å²) < 4.78 is 0. The lowest BCUT2D eigenvalue weighted by Crippen LogP contribution is -2.31. The molecule has 13 heavy (non-hydrogen) atoms. The average Bonchev–Trinajstić information content (AvgIpc) is 2.02. The van der Waals surface area contributed by atoms with Crippen molar-refractivity contribution in [3.63, 3.8) is 0 Å². The molecule has 1 aliphatic heterocycles. The summed E-state index contributed by atoms with van der Waals surface area (Å²) in [4.78, 5) is 12.7. The van der Waals surface area contributed by atoms with Gasteiger partial charge in [-0.3, -0.25) is 0 Å². The number of carboxylic acids is 1. The predicted molar refractivity (Wildman–Crippen MR) is 53.2 cm³/mol. The van der Waals surface area contributed by atoms with Crippen LogP contribution in [0.2, 0.25) is 0 Å². The summed E-state index contributed by atoms with van der Waals surface area (Å²) in [6, 6.07) is 6.98. The summed E-state index contributed by atoms with van der Waals surface area (Å²) in [6.07, 6.45) is 0. The first-order chi connectivity index (χ1) is 6.27. The summed E-state index contributed by atoms with van der Waals surface area (Å²) in [5.74, 6) is 1.14. The van der Waals surface area contributed by atoms with Crippen LogP contribution in [0.25, 0.3) is 0 Å². The van der Waals surface area contributed by atoms with Crippen molar-refractivity contribution in [2.75, 3.05) is 16.7 Å². The van der Waals surface area contributed by atoms with Gasteiger partial charge in [0.2, 0.25) is 0 Å². The van der Waals surface area contributed by atoms with Crippen LogP contribution in [-0.4, -0.2) is 22.8 Å². The Morgan fingerprint density at radius 2 is 1.92 bits per heavy atom. The molecule has 1 aromatic rings. The average molecular weight is 195 g/mol. The third-order valence-corrected chi connectivity index (χ3v) is 2.96. The number of nitrogens with zero attached hydrogens (tertiary/aromatic N) is 1. The van der Waals surface area contributed by atoms with Crippen LogP contribution >= 0.6 is 11.8 Å². The fourth-order valence-electron chi connectivity index (χ4n) is 1.15. The van der Waals surface area contributed by atoms with E-state index in [0.29, 0.717) is 5.56 Å². The molecule has 68 valence electrons. The normalized spacial score (nSPS) is 15.2. The number of carboxylic acid groups (broad SMARTS) is 1. The van der Waals surface area contributed by atoms with E-state index in [1.807, 2.05) is 23.9 Å². The molecule has 1 heterocycles. The first-order valence-corrected chi connectivity index (χ1v) is 5.09. The molecule has 0 saturated carbocycles. The number of anilines is 1. The molecular formula is C9H9NO2S. The quantitative estimate of drug-likeness (QED) is 0.781. The van der Waals surface area contributed by atoms with Gasteiger partial charge >= 0.3 is 5.97 Å². The number of thioether (sulfide) groups is 1. The molecule has 0 amide bonds. The Morgan fingerprint density at radius 1 is 1.31 bits per heavy atom. The Kier molecular flexibility index (Phi) is 2.14. The smallest absolute Gasteiger partial charge is 0.335 e. The third kappa shape index (κ3) is 1.62. The SMILES string of the molecule is O=C(O)c1ccc(N2CSC2)cc1. The van der Waals surface area contributed by atoms with Crippen molar-refractivity contribution in [1.82, 2.24) is 0 Å². The molecule has 0 spiro atoms. The van der Waals surface area contributed by atoms with E-state index in [9.17, 15) is 4.79 Å². The molecule has 1 aliphatic rings. The summed E-state index contributed by atoms with van der Waals surface area (Å²) in [5.41, 5.74) is 1.45. The lowest BCUT2D eigenvalue weighted by molar-refractivity contribution is 0.0697. The van der Waals surface area contributed by atoms with E-state index in [4.69, 9.17) is 5.11 Å². The number of hydrogen-bond acceptors (Lipinski definition) is 3. The van der Waals surface area contributed by atoms with Crippen LogP contribution in [0.4, 0.5) is 5.69 Å². The van der Waals surface area contributed by atoms with Crippen LogP contribution in [0.3, 0.4) is 0 Å². The lowest BCUT2D eigenvalue weighted by atomic mass is 10.2. The van der Waals surface area contributed by atoms with Crippen molar-refractivity contribution in [2.24, 2.45) is 0 Å². The number of rotatable bonds is 2. The Balaban J connectivity index is 2.17. The lowest BCUT2D eigenvalue weighted by Gasteiger charge is -2.32. The maximum atomic E-state index is 10.5.